The van der Waals surface area contributed by atoms with Gasteiger partial charge in [-0.2, -0.15) is 0 Å². The Morgan fingerprint density at radius 2 is 2.26 bits per heavy atom. The number of aromatic nitrogens is 3. The topological polar surface area (TPSA) is 70.7 Å². The molecule has 1 heterocycles. The molecule has 6 heteroatoms. The predicted octanol–water partition coefficient (Wildman–Crippen LogP) is 2.97. The number of nitrogens with zero attached hydrogens (tertiary/aromatic N) is 2. The monoisotopic (exact) mass is 278 g/mol. The van der Waals surface area contributed by atoms with Gasteiger partial charge in [0.2, 0.25) is 5.82 Å². The zero-order valence-corrected chi connectivity index (χ0v) is 11.6. The van der Waals surface area contributed by atoms with E-state index in [1.807, 2.05) is 19.9 Å². The first-order chi connectivity index (χ1) is 9.10. The molecular weight excluding hydrogens is 264 g/mol. The summed E-state index contributed by atoms with van der Waals surface area (Å²) in [4.78, 5) is 16.1. The van der Waals surface area contributed by atoms with Crippen molar-refractivity contribution in [1.29, 1.82) is 0 Å². The van der Waals surface area contributed by atoms with Gasteiger partial charge < -0.3 is 5.32 Å². The normalized spacial score (nSPS) is 10.5. The fourth-order valence-corrected chi connectivity index (χ4v) is 1.82. The lowest BCUT2D eigenvalue weighted by Gasteiger charge is -2.06. The molecule has 1 aromatic heterocycles. The van der Waals surface area contributed by atoms with E-state index < -0.39 is 0 Å². The standard InChI is InChI=1S/C13H15ClN4O/c1-3-4-11-16-12(18-17-11)13(19)15-10-7-9(14)6-5-8(10)2/h5-7H,3-4H2,1-2H3,(H,15,19)(H,16,17,18). The molecule has 100 valence electrons. The Kier molecular flexibility index (Phi) is 4.16. The summed E-state index contributed by atoms with van der Waals surface area (Å²) >= 11 is 5.90. The molecule has 2 aromatic rings. The highest BCUT2D eigenvalue weighted by molar-refractivity contribution is 6.31. The number of hydrogen-bond acceptors (Lipinski definition) is 3. The summed E-state index contributed by atoms with van der Waals surface area (Å²) < 4.78 is 0. The third-order valence-corrected chi connectivity index (χ3v) is 2.90. The third-order valence-electron chi connectivity index (χ3n) is 2.67. The van der Waals surface area contributed by atoms with Crippen LogP contribution in [0.5, 0.6) is 0 Å². The van der Waals surface area contributed by atoms with Gasteiger partial charge in [-0.1, -0.05) is 24.6 Å². The zero-order chi connectivity index (χ0) is 13.8. The number of halogens is 1. The van der Waals surface area contributed by atoms with E-state index in [0.717, 1.165) is 24.2 Å². The van der Waals surface area contributed by atoms with E-state index in [1.54, 1.807) is 12.1 Å². The average Bonchev–Trinajstić information content (AvgIpc) is 2.83. The minimum atomic E-state index is -0.344. The molecule has 0 saturated heterocycles. The van der Waals surface area contributed by atoms with Crippen LogP contribution < -0.4 is 5.32 Å². The van der Waals surface area contributed by atoms with Crippen LogP contribution in [0.2, 0.25) is 5.02 Å². The predicted molar refractivity (Wildman–Crippen MR) is 74.5 cm³/mol. The lowest BCUT2D eigenvalue weighted by atomic mass is 10.2. The Labute approximate surface area is 116 Å². The summed E-state index contributed by atoms with van der Waals surface area (Å²) in [6.45, 7) is 3.93. The van der Waals surface area contributed by atoms with Crippen molar-refractivity contribution in [2.45, 2.75) is 26.7 Å². The highest BCUT2D eigenvalue weighted by Crippen LogP contribution is 2.20. The minimum absolute atomic E-state index is 0.142. The van der Waals surface area contributed by atoms with Gasteiger partial charge in [-0.15, -0.1) is 5.10 Å². The summed E-state index contributed by atoms with van der Waals surface area (Å²) in [5, 5.41) is 9.98. The Bertz CT molecular complexity index is 594. The maximum atomic E-state index is 12.0. The number of anilines is 1. The molecule has 0 aliphatic rings. The SMILES string of the molecule is CCCc1nc(C(=O)Nc2cc(Cl)ccc2C)n[nH]1. The van der Waals surface area contributed by atoms with Gasteiger partial charge in [-0.25, -0.2) is 4.98 Å². The van der Waals surface area contributed by atoms with E-state index >= 15 is 0 Å². The first kappa shape index (κ1) is 13.5. The number of carbonyl (C=O) groups excluding carboxylic acids is 1. The third kappa shape index (κ3) is 3.32. The second kappa shape index (κ2) is 5.84. The van der Waals surface area contributed by atoms with Crippen molar-refractivity contribution in [3.63, 3.8) is 0 Å². The maximum Gasteiger partial charge on any atom is 0.295 e. The molecule has 0 radical (unpaired) electrons. The molecule has 19 heavy (non-hydrogen) atoms. The second-order valence-electron chi connectivity index (χ2n) is 4.27. The Morgan fingerprint density at radius 1 is 1.47 bits per heavy atom. The first-order valence-corrected chi connectivity index (χ1v) is 6.46. The molecule has 0 atom stereocenters. The van der Waals surface area contributed by atoms with Crippen LogP contribution in [-0.4, -0.2) is 21.1 Å². The van der Waals surface area contributed by atoms with Crippen molar-refractivity contribution in [2.75, 3.05) is 5.32 Å². The van der Waals surface area contributed by atoms with Crippen LogP contribution in [0.15, 0.2) is 18.2 Å². The molecule has 0 saturated carbocycles. The van der Waals surface area contributed by atoms with E-state index in [1.165, 1.54) is 0 Å². The summed E-state index contributed by atoms with van der Waals surface area (Å²) in [6, 6.07) is 5.32. The van der Waals surface area contributed by atoms with Crippen LogP contribution in [0, 0.1) is 6.92 Å². The Hall–Kier alpha value is -1.88. The second-order valence-corrected chi connectivity index (χ2v) is 4.71. The van der Waals surface area contributed by atoms with Crippen molar-refractivity contribution in [2.24, 2.45) is 0 Å². The van der Waals surface area contributed by atoms with Gasteiger partial charge in [0.25, 0.3) is 5.91 Å². The molecule has 1 aromatic carbocycles. The van der Waals surface area contributed by atoms with E-state index in [2.05, 4.69) is 20.5 Å². The number of hydrogen-bond donors (Lipinski definition) is 2. The largest absolute Gasteiger partial charge is 0.319 e. The van der Waals surface area contributed by atoms with E-state index in [0.29, 0.717) is 10.7 Å². The molecule has 0 unspecified atom stereocenters. The Balaban J connectivity index is 2.13. The van der Waals surface area contributed by atoms with Crippen molar-refractivity contribution < 1.29 is 4.79 Å². The maximum absolute atomic E-state index is 12.0. The molecule has 0 spiro atoms. The molecule has 1 amide bonds. The van der Waals surface area contributed by atoms with Crippen LogP contribution in [0.25, 0.3) is 0 Å². The number of rotatable bonds is 4. The van der Waals surface area contributed by atoms with Gasteiger partial charge in [0.1, 0.15) is 5.82 Å². The first-order valence-electron chi connectivity index (χ1n) is 6.09. The number of aromatic amines is 1. The van der Waals surface area contributed by atoms with Gasteiger partial charge >= 0.3 is 0 Å². The molecule has 0 aliphatic heterocycles. The molecule has 0 bridgehead atoms. The molecule has 5 nitrogen and oxygen atoms in total. The number of nitrogens with one attached hydrogen (secondary N) is 2. The highest BCUT2D eigenvalue weighted by atomic mass is 35.5. The van der Waals surface area contributed by atoms with Crippen LogP contribution in [0.4, 0.5) is 5.69 Å². The summed E-state index contributed by atoms with van der Waals surface area (Å²) in [5.41, 5.74) is 1.60. The van der Waals surface area contributed by atoms with Crippen LogP contribution in [0.1, 0.15) is 35.4 Å². The van der Waals surface area contributed by atoms with Crippen LogP contribution >= 0.6 is 11.6 Å². The number of benzene rings is 1. The lowest BCUT2D eigenvalue weighted by molar-refractivity contribution is 0.101. The molecule has 0 fully saturated rings. The molecular formula is C13H15ClN4O. The van der Waals surface area contributed by atoms with E-state index in [4.69, 9.17) is 11.6 Å². The number of aryl methyl sites for hydroxylation is 2. The average molecular weight is 279 g/mol. The number of amides is 1. The quantitative estimate of drug-likeness (QED) is 0.903. The van der Waals surface area contributed by atoms with Crippen molar-refractivity contribution in [3.8, 4) is 0 Å². The lowest BCUT2D eigenvalue weighted by Crippen LogP contribution is -2.14. The zero-order valence-electron chi connectivity index (χ0n) is 10.8. The van der Waals surface area contributed by atoms with Crippen molar-refractivity contribution >= 4 is 23.2 Å². The van der Waals surface area contributed by atoms with E-state index in [-0.39, 0.29) is 11.7 Å². The highest BCUT2D eigenvalue weighted by Gasteiger charge is 2.13. The summed E-state index contributed by atoms with van der Waals surface area (Å²) in [7, 11) is 0. The van der Waals surface area contributed by atoms with Gasteiger partial charge in [0.05, 0.1) is 0 Å². The summed E-state index contributed by atoms with van der Waals surface area (Å²) in [6.07, 6.45) is 1.72. The van der Waals surface area contributed by atoms with Crippen LogP contribution in [-0.2, 0) is 6.42 Å². The van der Waals surface area contributed by atoms with Crippen molar-refractivity contribution in [3.05, 3.63) is 40.4 Å². The van der Waals surface area contributed by atoms with Gasteiger partial charge in [0, 0.05) is 17.1 Å². The summed E-state index contributed by atoms with van der Waals surface area (Å²) in [5.74, 6) is 0.516. The minimum Gasteiger partial charge on any atom is -0.319 e. The van der Waals surface area contributed by atoms with E-state index in [9.17, 15) is 4.79 Å². The molecule has 0 aliphatic carbocycles. The Morgan fingerprint density at radius 3 is 3.00 bits per heavy atom. The van der Waals surface area contributed by atoms with Gasteiger partial charge in [0.15, 0.2) is 0 Å². The fraction of sp³-hybridized carbons (Fsp3) is 0.308. The fourth-order valence-electron chi connectivity index (χ4n) is 1.65. The molecule has 2 N–H and O–H groups in total. The van der Waals surface area contributed by atoms with Gasteiger partial charge in [-0.3, -0.25) is 9.89 Å². The number of carbonyl (C=O) groups is 1. The number of H-pyrrole nitrogens is 1. The van der Waals surface area contributed by atoms with Gasteiger partial charge in [-0.05, 0) is 31.0 Å². The smallest absolute Gasteiger partial charge is 0.295 e. The van der Waals surface area contributed by atoms with Crippen LogP contribution in [0.3, 0.4) is 0 Å². The molecule has 2 rings (SSSR count). The van der Waals surface area contributed by atoms with Crippen molar-refractivity contribution in [1.82, 2.24) is 15.2 Å².